The first-order chi connectivity index (χ1) is 12.8. The molecule has 0 saturated heterocycles. The van der Waals surface area contributed by atoms with Crippen molar-refractivity contribution in [2.75, 3.05) is 13.2 Å². The van der Waals surface area contributed by atoms with Crippen LogP contribution < -0.4 is 5.73 Å². The van der Waals surface area contributed by atoms with E-state index in [2.05, 4.69) is 25.3 Å². The minimum atomic E-state index is -4.25. The SMILES string of the molecule is CC(C)CCCCCCCCCCOP(=O)(O)O.CCCCCCCCN. The van der Waals surface area contributed by atoms with Gasteiger partial charge in [0.1, 0.15) is 0 Å². The predicted molar refractivity (Wildman–Crippen MR) is 117 cm³/mol. The van der Waals surface area contributed by atoms with E-state index in [-0.39, 0.29) is 6.61 Å². The maximum absolute atomic E-state index is 10.4. The van der Waals surface area contributed by atoms with Crippen molar-refractivity contribution in [3.05, 3.63) is 0 Å². The molecule has 4 N–H and O–H groups in total. The van der Waals surface area contributed by atoms with E-state index in [1.165, 1.54) is 77.0 Å². The van der Waals surface area contributed by atoms with E-state index in [9.17, 15) is 4.57 Å². The molecule has 0 bridgehead atoms. The molecule has 0 saturated carbocycles. The Morgan fingerprint density at radius 2 is 1.22 bits per heavy atom. The van der Waals surface area contributed by atoms with Gasteiger partial charge in [-0.2, -0.15) is 0 Å². The van der Waals surface area contributed by atoms with Crippen molar-refractivity contribution in [3.63, 3.8) is 0 Å². The van der Waals surface area contributed by atoms with Crippen LogP contribution in [0.2, 0.25) is 0 Å². The zero-order chi connectivity index (χ0) is 20.8. The first kappa shape index (κ1) is 29.3. The van der Waals surface area contributed by atoms with Crippen molar-refractivity contribution in [1.29, 1.82) is 0 Å². The minimum absolute atomic E-state index is 0.165. The summed E-state index contributed by atoms with van der Waals surface area (Å²) in [5.74, 6) is 0.819. The van der Waals surface area contributed by atoms with Crippen LogP contribution in [0.25, 0.3) is 0 Å². The largest absolute Gasteiger partial charge is 0.469 e. The average molecular weight is 410 g/mol. The van der Waals surface area contributed by atoms with Crippen LogP contribution in [-0.4, -0.2) is 22.9 Å². The van der Waals surface area contributed by atoms with Crippen LogP contribution in [0.15, 0.2) is 0 Å². The van der Waals surface area contributed by atoms with Gasteiger partial charge in [0.15, 0.2) is 0 Å². The number of unbranched alkanes of at least 4 members (excludes halogenated alkanes) is 12. The maximum Gasteiger partial charge on any atom is 0.469 e. The van der Waals surface area contributed by atoms with Crippen LogP contribution in [0, 0.1) is 5.92 Å². The maximum atomic E-state index is 10.4. The summed E-state index contributed by atoms with van der Waals surface area (Å²) in [5, 5.41) is 0. The van der Waals surface area contributed by atoms with Crippen LogP contribution in [0.5, 0.6) is 0 Å². The summed E-state index contributed by atoms with van der Waals surface area (Å²) in [6.07, 6.45) is 18.7. The van der Waals surface area contributed by atoms with E-state index in [1.807, 2.05) is 0 Å². The predicted octanol–water partition coefficient (Wildman–Crippen LogP) is 6.57. The summed E-state index contributed by atoms with van der Waals surface area (Å²) in [6, 6.07) is 0. The first-order valence-electron chi connectivity index (χ1n) is 11.2. The molecular weight excluding hydrogens is 361 g/mol. The summed E-state index contributed by atoms with van der Waals surface area (Å²) < 4.78 is 14.8. The number of phosphoric ester groups is 1. The molecule has 0 heterocycles. The molecule has 0 aromatic carbocycles. The van der Waals surface area contributed by atoms with E-state index in [0.29, 0.717) is 0 Å². The highest BCUT2D eigenvalue weighted by molar-refractivity contribution is 7.46. The monoisotopic (exact) mass is 409 g/mol. The lowest BCUT2D eigenvalue weighted by atomic mass is 10.0. The lowest BCUT2D eigenvalue weighted by Crippen LogP contribution is -1.97. The molecule has 0 unspecified atom stereocenters. The van der Waals surface area contributed by atoms with Crippen LogP contribution in [0.1, 0.15) is 117 Å². The average Bonchev–Trinajstić information content (AvgIpc) is 2.59. The molecule has 0 spiro atoms. The van der Waals surface area contributed by atoms with Gasteiger partial charge in [0, 0.05) is 0 Å². The van der Waals surface area contributed by atoms with Crippen molar-refractivity contribution < 1.29 is 18.9 Å². The third-order valence-corrected chi connectivity index (χ3v) is 5.01. The number of hydrogen-bond donors (Lipinski definition) is 3. The van der Waals surface area contributed by atoms with Crippen molar-refractivity contribution in [1.82, 2.24) is 0 Å². The molecule has 0 radical (unpaired) electrons. The number of rotatable bonds is 18. The second-order valence-electron chi connectivity index (χ2n) is 7.89. The molecule has 0 atom stereocenters. The van der Waals surface area contributed by atoms with Gasteiger partial charge in [0.25, 0.3) is 0 Å². The van der Waals surface area contributed by atoms with E-state index in [4.69, 9.17) is 15.5 Å². The van der Waals surface area contributed by atoms with Crippen molar-refractivity contribution >= 4 is 7.82 Å². The summed E-state index contributed by atoms with van der Waals surface area (Å²) in [4.78, 5) is 16.9. The van der Waals surface area contributed by atoms with E-state index >= 15 is 0 Å². The van der Waals surface area contributed by atoms with Crippen LogP contribution in [0.4, 0.5) is 0 Å². The Morgan fingerprint density at radius 3 is 1.67 bits per heavy atom. The summed E-state index contributed by atoms with van der Waals surface area (Å²) in [5.41, 5.74) is 5.34. The Bertz CT molecular complexity index is 315. The lowest BCUT2D eigenvalue weighted by molar-refractivity contribution is 0.193. The molecule has 6 heteroatoms. The normalized spacial score (nSPS) is 11.5. The highest BCUT2D eigenvalue weighted by Crippen LogP contribution is 2.35. The van der Waals surface area contributed by atoms with Gasteiger partial charge in [-0.25, -0.2) is 4.57 Å². The Morgan fingerprint density at radius 1 is 0.778 bits per heavy atom. The highest BCUT2D eigenvalue weighted by Gasteiger charge is 2.12. The molecule has 0 aromatic rings. The molecule has 166 valence electrons. The molecule has 0 fully saturated rings. The fourth-order valence-corrected chi connectivity index (χ4v) is 3.19. The van der Waals surface area contributed by atoms with Crippen LogP contribution >= 0.6 is 7.82 Å². The van der Waals surface area contributed by atoms with Crippen LogP contribution in [-0.2, 0) is 9.09 Å². The minimum Gasteiger partial charge on any atom is -0.330 e. The lowest BCUT2D eigenvalue weighted by Gasteiger charge is -2.05. The van der Waals surface area contributed by atoms with Crippen molar-refractivity contribution in [2.45, 2.75) is 117 Å². The summed E-state index contributed by atoms with van der Waals surface area (Å²) in [6.45, 7) is 7.80. The topological polar surface area (TPSA) is 92.8 Å². The molecule has 27 heavy (non-hydrogen) atoms. The second-order valence-corrected chi connectivity index (χ2v) is 9.13. The molecule has 0 amide bonds. The van der Waals surface area contributed by atoms with Gasteiger partial charge in [0.2, 0.25) is 0 Å². The Labute approximate surface area is 169 Å². The third-order valence-electron chi connectivity index (χ3n) is 4.49. The van der Waals surface area contributed by atoms with Crippen LogP contribution in [0.3, 0.4) is 0 Å². The quantitative estimate of drug-likeness (QED) is 0.176. The number of nitrogens with two attached hydrogens (primary N) is 1. The Balaban J connectivity index is 0. The molecule has 0 aliphatic carbocycles. The van der Waals surface area contributed by atoms with E-state index in [0.717, 1.165) is 31.7 Å². The Kier molecular flexibility index (Phi) is 24.2. The fourth-order valence-electron chi connectivity index (χ4n) is 2.82. The molecule has 5 nitrogen and oxygen atoms in total. The van der Waals surface area contributed by atoms with Gasteiger partial charge in [-0.3, -0.25) is 4.52 Å². The summed E-state index contributed by atoms with van der Waals surface area (Å²) in [7, 11) is -4.25. The Hall–Kier alpha value is 0.0700. The summed E-state index contributed by atoms with van der Waals surface area (Å²) >= 11 is 0. The zero-order valence-electron chi connectivity index (χ0n) is 18.3. The van der Waals surface area contributed by atoms with Gasteiger partial charge < -0.3 is 15.5 Å². The third kappa shape index (κ3) is 34.0. The first-order valence-corrected chi connectivity index (χ1v) is 12.8. The fraction of sp³-hybridized carbons (Fsp3) is 1.00. The molecule has 0 rings (SSSR count). The van der Waals surface area contributed by atoms with Gasteiger partial charge in [-0.1, -0.05) is 104 Å². The van der Waals surface area contributed by atoms with Crippen molar-refractivity contribution in [3.8, 4) is 0 Å². The van der Waals surface area contributed by atoms with Gasteiger partial charge in [0.05, 0.1) is 6.61 Å². The van der Waals surface area contributed by atoms with Crippen molar-refractivity contribution in [2.24, 2.45) is 11.7 Å². The zero-order valence-corrected chi connectivity index (χ0v) is 19.2. The van der Waals surface area contributed by atoms with E-state index in [1.54, 1.807) is 0 Å². The second kappa shape index (κ2) is 22.4. The van der Waals surface area contributed by atoms with Gasteiger partial charge >= 0.3 is 7.82 Å². The van der Waals surface area contributed by atoms with Gasteiger partial charge in [-0.05, 0) is 25.3 Å². The number of hydrogen-bond acceptors (Lipinski definition) is 3. The smallest absolute Gasteiger partial charge is 0.330 e. The highest BCUT2D eigenvalue weighted by atomic mass is 31.2. The van der Waals surface area contributed by atoms with E-state index < -0.39 is 7.82 Å². The number of phosphoric acid groups is 1. The molecular formula is C21H48NO4P. The molecule has 0 aliphatic rings. The molecule has 0 aromatic heterocycles. The van der Waals surface area contributed by atoms with Gasteiger partial charge in [-0.15, -0.1) is 0 Å². The molecule has 0 aliphatic heterocycles. The standard InChI is InChI=1S/C13H29O4P.C8H19N/c1-13(2)11-9-7-5-3-4-6-8-10-12-17-18(14,15)16;1-2-3-4-5-6-7-8-9/h13H,3-12H2,1-2H3,(H2,14,15,16);2-9H2,1H3.